The Hall–Kier alpha value is -2.78. The van der Waals surface area contributed by atoms with Crippen LogP contribution in [0, 0.1) is 0 Å². The second-order valence-electron chi connectivity index (χ2n) is 7.82. The van der Waals surface area contributed by atoms with Crippen LogP contribution < -0.4 is 5.32 Å². The summed E-state index contributed by atoms with van der Waals surface area (Å²) in [6.07, 6.45) is -2.69. The third-order valence-corrected chi connectivity index (χ3v) is 6.27. The summed E-state index contributed by atoms with van der Waals surface area (Å²) in [4.78, 5) is 18.5. The molecule has 3 heterocycles. The highest BCUT2D eigenvalue weighted by Crippen LogP contribution is 2.44. The zero-order valence-corrected chi connectivity index (χ0v) is 19.0. The summed E-state index contributed by atoms with van der Waals surface area (Å²) in [6.45, 7) is 0.347. The van der Waals surface area contributed by atoms with Crippen molar-refractivity contribution in [3.8, 4) is 0 Å². The van der Waals surface area contributed by atoms with Crippen LogP contribution in [0.1, 0.15) is 40.3 Å². The number of nitrogens with zero attached hydrogens (tertiary/aromatic N) is 4. The van der Waals surface area contributed by atoms with Crippen LogP contribution in [0.2, 0.25) is 10.0 Å². The number of anilines is 1. The standard InChI is InChI=1S/C22H20Cl2F3N5O/c1-31(9-7-14-4-2-3-8-28-14)21(33)18-12-20-29-17(13-5-6-15(23)16(24)10-13)11-19(22(25,26)27)32(20)30-18/h2-6,8,10,12,17,19,29H,7,9,11H2,1H3/t17-,19+/m0/s1. The van der Waals surface area contributed by atoms with Crippen molar-refractivity contribution in [2.45, 2.75) is 31.1 Å². The van der Waals surface area contributed by atoms with Gasteiger partial charge in [0, 0.05) is 44.4 Å². The molecule has 11 heteroatoms. The van der Waals surface area contributed by atoms with E-state index in [4.69, 9.17) is 23.2 Å². The second-order valence-corrected chi connectivity index (χ2v) is 8.64. The molecule has 0 aliphatic carbocycles. The fourth-order valence-electron chi connectivity index (χ4n) is 3.75. The number of rotatable bonds is 5. The van der Waals surface area contributed by atoms with Gasteiger partial charge in [-0.1, -0.05) is 35.3 Å². The molecule has 0 fully saturated rings. The molecule has 1 aliphatic heterocycles. The van der Waals surface area contributed by atoms with Gasteiger partial charge in [-0.3, -0.25) is 9.78 Å². The van der Waals surface area contributed by atoms with E-state index in [1.807, 2.05) is 12.1 Å². The van der Waals surface area contributed by atoms with Crippen LogP contribution in [0.4, 0.5) is 19.0 Å². The van der Waals surface area contributed by atoms with Gasteiger partial charge >= 0.3 is 6.18 Å². The molecule has 0 saturated carbocycles. The summed E-state index contributed by atoms with van der Waals surface area (Å²) >= 11 is 12.0. The van der Waals surface area contributed by atoms with E-state index in [1.54, 1.807) is 37.5 Å². The van der Waals surface area contributed by atoms with Crippen molar-refractivity contribution in [2.75, 3.05) is 18.9 Å². The Labute approximate surface area is 198 Å². The van der Waals surface area contributed by atoms with Crippen LogP contribution in [0.15, 0.2) is 48.7 Å². The van der Waals surface area contributed by atoms with Gasteiger partial charge in [0.15, 0.2) is 11.7 Å². The number of fused-ring (bicyclic) bond motifs is 1. The average molecular weight is 498 g/mol. The number of nitrogens with one attached hydrogen (secondary N) is 1. The van der Waals surface area contributed by atoms with Gasteiger partial charge in [-0.25, -0.2) is 4.68 Å². The van der Waals surface area contributed by atoms with Crippen molar-refractivity contribution in [1.29, 1.82) is 0 Å². The van der Waals surface area contributed by atoms with Crippen molar-refractivity contribution >= 4 is 34.9 Å². The Bertz CT molecular complexity index is 1150. The van der Waals surface area contributed by atoms with Crippen LogP contribution >= 0.6 is 23.2 Å². The van der Waals surface area contributed by atoms with Crippen molar-refractivity contribution < 1.29 is 18.0 Å². The third kappa shape index (κ3) is 5.09. The van der Waals surface area contributed by atoms with Gasteiger partial charge in [0.05, 0.1) is 16.1 Å². The molecule has 6 nitrogen and oxygen atoms in total. The molecule has 1 N–H and O–H groups in total. The lowest BCUT2D eigenvalue weighted by atomic mass is 9.97. The van der Waals surface area contributed by atoms with Crippen molar-refractivity contribution in [3.63, 3.8) is 0 Å². The number of hydrogen-bond donors (Lipinski definition) is 1. The number of halogens is 5. The van der Waals surface area contributed by atoms with Gasteiger partial charge in [0.2, 0.25) is 0 Å². The first-order valence-electron chi connectivity index (χ1n) is 10.2. The maximum atomic E-state index is 13.9. The van der Waals surface area contributed by atoms with Crippen LogP contribution in [-0.2, 0) is 6.42 Å². The third-order valence-electron chi connectivity index (χ3n) is 5.53. The maximum Gasteiger partial charge on any atom is 0.410 e. The summed E-state index contributed by atoms with van der Waals surface area (Å²) in [7, 11) is 1.58. The van der Waals surface area contributed by atoms with Crippen LogP contribution in [0.3, 0.4) is 0 Å². The molecule has 1 aliphatic rings. The Morgan fingerprint density at radius 3 is 2.67 bits per heavy atom. The molecule has 174 valence electrons. The number of carbonyl (C=O) groups excluding carboxylic acids is 1. The fraction of sp³-hybridized carbons (Fsp3) is 0.318. The van der Waals surface area contributed by atoms with Gasteiger partial charge in [-0.05, 0) is 29.8 Å². The largest absolute Gasteiger partial charge is 0.410 e. The summed E-state index contributed by atoms with van der Waals surface area (Å²) in [5, 5.41) is 7.64. The molecule has 2 atom stereocenters. The predicted octanol–water partition coefficient (Wildman–Crippen LogP) is 5.56. The van der Waals surface area contributed by atoms with Gasteiger partial charge in [0.25, 0.3) is 5.91 Å². The Balaban J connectivity index is 1.57. The first-order valence-corrected chi connectivity index (χ1v) is 10.9. The summed E-state index contributed by atoms with van der Waals surface area (Å²) in [6, 6.07) is 8.97. The van der Waals surface area contributed by atoms with E-state index < -0.39 is 24.2 Å². The number of pyridine rings is 1. The summed E-state index contributed by atoms with van der Waals surface area (Å²) in [5.74, 6) is -0.359. The van der Waals surface area contributed by atoms with Crippen LogP contribution in [0.25, 0.3) is 0 Å². The van der Waals surface area contributed by atoms with E-state index >= 15 is 0 Å². The highest BCUT2D eigenvalue weighted by molar-refractivity contribution is 6.42. The lowest BCUT2D eigenvalue weighted by Gasteiger charge is -2.33. The van der Waals surface area contributed by atoms with Gasteiger partial charge in [-0.15, -0.1) is 0 Å². The molecular formula is C22H20Cl2F3N5O. The van der Waals surface area contributed by atoms with Gasteiger partial charge in [-0.2, -0.15) is 18.3 Å². The van der Waals surface area contributed by atoms with Crippen molar-refractivity contribution in [2.24, 2.45) is 0 Å². The minimum atomic E-state index is -4.55. The number of hydrogen-bond acceptors (Lipinski definition) is 4. The molecule has 1 amide bonds. The predicted molar refractivity (Wildman–Crippen MR) is 120 cm³/mol. The second kappa shape index (κ2) is 9.23. The van der Waals surface area contributed by atoms with Crippen molar-refractivity contribution in [3.05, 3.63) is 75.7 Å². The molecule has 33 heavy (non-hydrogen) atoms. The monoisotopic (exact) mass is 497 g/mol. The molecule has 0 bridgehead atoms. The lowest BCUT2D eigenvalue weighted by Crippen LogP contribution is -2.36. The number of carbonyl (C=O) groups is 1. The number of likely N-dealkylation sites (N-methyl/N-ethyl adjacent to an activating group) is 1. The summed E-state index contributed by atoms with van der Waals surface area (Å²) in [5.41, 5.74) is 1.31. The lowest BCUT2D eigenvalue weighted by molar-refractivity contribution is -0.173. The molecule has 0 radical (unpaired) electrons. The highest BCUT2D eigenvalue weighted by Gasteiger charge is 2.47. The quantitative estimate of drug-likeness (QED) is 0.501. The molecule has 4 rings (SSSR count). The van der Waals surface area contributed by atoms with Crippen LogP contribution in [-0.4, -0.2) is 45.3 Å². The van der Waals surface area contributed by atoms with Crippen LogP contribution in [0.5, 0.6) is 0 Å². The first-order chi connectivity index (χ1) is 15.6. The molecule has 2 aromatic heterocycles. The van der Waals surface area contributed by atoms with Gasteiger partial charge in [0.1, 0.15) is 5.82 Å². The zero-order valence-electron chi connectivity index (χ0n) is 17.5. The Morgan fingerprint density at radius 2 is 2.00 bits per heavy atom. The number of aromatic nitrogens is 3. The maximum absolute atomic E-state index is 13.9. The van der Waals surface area contributed by atoms with Gasteiger partial charge < -0.3 is 10.2 Å². The van der Waals surface area contributed by atoms with E-state index in [9.17, 15) is 18.0 Å². The topological polar surface area (TPSA) is 63.1 Å². The van der Waals surface area contributed by atoms with E-state index in [2.05, 4.69) is 15.4 Å². The SMILES string of the molecule is CN(CCc1ccccn1)C(=O)c1cc2n(n1)[C@@H](C(F)(F)F)C[C@@H](c1ccc(Cl)c(Cl)c1)N2. The summed E-state index contributed by atoms with van der Waals surface area (Å²) < 4.78 is 42.5. The first kappa shape index (κ1) is 23.4. The van der Waals surface area contributed by atoms with E-state index in [0.717, 1.165) is 10.4 Å². The number of alkyl halides is 3. The van der Waals surface area contributed by atoms with E-state index in [0.29, 0.717) is 23.6 Å². The average Bonchev–Trinajstić information content (AvgIpc) is 3.22. The molecule has 3 aromatic rings. The van der Waals surface area contributed by atoms with E-state index in [-0.39, 0.29) is 23.0 Å². The number of benzene rings is 1. The number of amides is 1. The Morgan fingerprint density at radius 1 is 1.21 bits per heavy atom. The van der Waals surface area contributed by atoms with Crippen molar-refractivity contribution in [1.82, 2.24) is 19.7 Å². The fourth-order valence-corrected chi connectivity index (χ4v) is 4.06. The minimum Gasteiger partial charge on any atom is -0.363 e. The Kier molecular flexibility index (Phi) is 6.54. The normalized spacial score (nSPS) is 17.9. The van der Waals surface area contributed by atoms with E-state index in [1.165, 1.54) is 11.0 Å². The zero-order chi connectivity index (χ0) is 23.8. The molecular weight excluding hydrogens is 478 g/mol. The minimum absolute atomic E-state index is 0.0648. The molecule has 1 aromatic carbocycles. The molecule has 0 spiro atoms. The molecule has 0 unspecified atom stereocenters. The smallest absolute Gasteiger partial charge is 0.363 e. The molecule has 0 saturated heterocycles. The highest BCUT2D eigenvalue weighted by atomic mass is 35.5.